The first kappa shape index (κ1) is 12.3. The van der Waals surface area contributed by atoms with E-state index in [0.29, 0.717) is 5.92 Å². The van der Waals surface area contributed by atoms with Crippen molar-refractivity contribution in [3.8, 4) is 0 Å². The van der Waals surface area contributed by atoms with Crippen LogP contribution in [0.3, 0.4) is 0 Å². The average Bonchev–Trinajstić information content (AvgIpc) is 1.83. The van der Waals surface area contributed by atoms with E-state index >= 15 is 0 Å². The van der Waals surface area contributed by atoms with Gasteiger partial charge in [-0.2, -0.15) is 0 Å². The molecule has 0 saturated heterocycles. The Morgan fingerprint density at radius 2 is 1.58 bits per heavy atom. The van der Waals surface area contributed by atoms with E-state index in [1.165, 1.54) is 6.42 Å². The summed E-state index contributed by atoms with van der Waals surface area (Å²) >= 11 is 0. The molecule has 3 nitrogen and oxygen atoms in total. The van der Waals surface area contributed by atoms with E-state index in [4.69, 9.17) is 14.7 Å². The van der Waals surface area contributed by atoms with Gasteiger partial charge in [0, 0.05) is 0 Å². The molecule has 0 spiro atoms. The van der Waals surface area contributed by atoms with Crippen LogP contribution >= 0.6 is 7.94 Å². The molecule has 0 rings (SSSR count). The first-order valence-electron chi connectivity index (χ1n) is 4.59. The zero-order valence-corrected chi connectivity index (χ0v) is 8.95. The number of hydrogen-bond acceptors (Lipinski definition) is 3. The maximum atomic E-state index is 8.68. The van der Waals surface area contributed by atoms with Crippen molar-refractivity contribution in [3.63, 3.8) is 0 Å². The fraction of sp³-hybridized carbons (Fsp3) is 1.00. The van der Waals surface area contributed by atoms with Gasteiger partial charge in [-0.15, -0.1) is 0 Å². The van der Waals surface area contributed by atoms with Gasteiger partial charge in [0.25, 0.3) is 0 Å². The second-order valence-corrected chi connectivity index (χ2v) is 5.82. The van der Waals surface area contributed by atoms with Gasteiger partial charge in [-0.25, -0.2) is 0 Å². The fourth-order valence-electron chi connectivity index (χ4n) is 1.09. The van der Waals surface area contributed by atoms with Crippen molar-refractivity contribution < 1.29 is 14.7 Å². The predicted octanol–water partition coefficient (Wildman–Crippen LogP) is 1.67. The van der Waals surface area contributed by atoms with Crippen LogP contribution < -0.4 is 0 Å². The second-order valence-electron chi connectivity index (χ2n) is 3.77. The van der Waals surface area contributed by atoms with Crippen molar-refractivity contribution in [1.29, 1.82) is 0 Å². The van der Waals surface area contributed by atoms with Gasteiger partial charge >= 0.3 is 74.2 Å². The van der Waals surface area contributed by atoms with Crippen LogP contribution in [-0.2, 0) is 0 Å². The van der Waals surface area contributed by atoms with Gasteiger partial charge in [0.05, 0.1) is 0 Å². The molecule has 0 aromatic rings. The van der Waals surface area contributed by atoms with E-state index in [1.807, 2.05) is 0 Å². The molecule has 12 heavy (non-hydrogen) atoms. The van der Waals surface area contributed by atoms with E-state index in [9.17, 15) is 0 Å². The molecule has 3 N–H and O–H groups in total. The first-order valence-corrected chi connectivity index (χ1v) is 6.64. The van der Waals surface area contributed by atoms with Gasteiger partial charge in [-0.3, -0.25) is 0 Å². The molecular formula is C8H21O3P. The molecule has 0 amide bonds. The SMILES string of the molecule is CC(C)CCCCC[PH](O)(O)O. The van der Waals surface area contributed by atoms with Gasteiger partial charge in [-0.1, -0.05) is 0 Å². The molecule has 0 aliphatic carbocycles. The molecule has 0 bridgehead atoms. The third kappa shape index (κ3) is 10.3. The third-order valence-corrected chi connectivity index (χ3v) is 2.82. The van der Waals surface area contributed by atoms with Gasteiger partial charge in [0.1, 0.15) is 0 Å². The maximum absolute atomic E-state index is 8.68. The Hall–Kier alpha value is 0.310. The topological polar surface area (TPSA) is 60.7 Å². The third-order valence-electron chi connectivity index (χ3n) is 1.79. The summed E-state index contributed by atoms with van der Waals surface area (Å²) in [4.78, 5) is 26.0. The zero-order chi connectivity index (χ0) is 9.61. The van der Waals surface area contributed by atoms with Crippen LogP contribution in [0.1, 0.15) is 39.5 Å². The monoisotopic (exact) mass is 196 g/mol. The summed E-state index contributed by atoms with van der Waals surface area (Å²) in [6.45, 7) is 4.34. The number of rotatable bonds is 6. The zero-order valence-electron chi connectivity index (χ0n) is 7.95. The van der Waals surface area contributed by atoms with E-state index in [2.05, 4.69) is 13.8 Å². The van der Waals surface area contributed by atoms with Crippen LogP contribution in [0.15, 0.2) is 0 Å². The van der Waals surface area contributed by atoms with Crippen molar-refractivity contribution in [1.82, 2.24) is 0 Å². The Bertz CT molecular complexity index is 109. The molecule has 0 aliphatic heterocycles. The minimum absolute atomic E-state index is 0.186. The molecule has 0 unspecified atom stereocenters. The van der Waals surface area contributed by atoms with E-state index in [0.717, 1.165) is 19.3 Å². The quantitative estimate of drug-likeness (QED) is 0.447. The van der Waals surface area contributed by atoms with E-state index in [-0.39, 0.29) is 6.16 Å². The summed E-state index contributed by atoms with van der Waals surface area (Å²) < 4.78 is 0. The second kappa shape index (κ2) is 5.87. The molecule has 4 heteroatoms. The Morgan fingerprint density at radius 1 is 1.00 bits per heavy atom. The molecule has 0 saturated carbocycles. The van der Waals surface area contributed by atoms with Crippen molar-refractivity contribution in [2.24, 2.45) is 5.92 Å². The Labute approximate surface area is 75.0 Å². The minimum atomic E-state index is -3.73. The summed E-state index contributed by atoms with van der Waals surface area (Å²) in [5, 5.41) is 0. The standard InChI is InChI=1S/C8H21O3P/c1-8(2)6-4-3-5-7-12(9,10)11/h8-12H,3-7H2,1-2H3. The fourth-order valence-corrected chi connectivity index (χ4v) is 1.82. The van der Waals surface area contributed by atoms with Gasteiger partial charge in [0.2, 0.25) is 0 Å². The normalized spacial score (nSPS) is 13.8. The molecule has 0 aromatic heterocycles. The summed E-state index contributed by atoms with van der Waals surface area (Å²) in [6.07, 6.45) is 4.18. The van der Waals surface area contributed by atoms with E-state index in [1.54, 1.807) is 0 Å². The van der Waals surface area contributed by atoms with Crippen LogP contribution in [-0.4, -0.2) is 20.8 Å². The van der Waals surface area contributed by atoms with Crippen LogP contribution in [0, 0.1) is 5.92 Å². The molecule has 0 heterocycles. The summed E-state index contributed by atoms with van der Waals surface area (Å²) in [7, 11) is -3.73. The number of hydrogen-bond donors (Lipinski definition) is 3. The molecule has 0 radical (unpaired) electrons. The molecular weight excluding hydrogens is 175 g/mol. The van der Waals surface area contributed by atoms with Crippen LogP contribution in [0.5, 0.6) is 0 Å². The Balaban J connectivity index is 3.12. The number of unbranched alkanes of at least 4 members (excludes halogenated alkanes) is 2. The molecule has 0 atom stereocenters. The van der Waals surface area contributed by atoms with Gasteiger partial charge in [0.15, 0.2) is 0 Å². The van der Waals surface area contributed by atoms with Crippen molar-refractivity contribution >= 4 is 7.94 Å². The summed E-state index contributed by atoms with van der Waals surface area (Å²) in [6, 6.07) is 0. The average molecular weight is 196 g/mol. The summed E-state index contributed by atoms with van der Waals surface area (Å²) in [5.41, 5.74) is 0. The molecule has 0 aromatic carbocycles. The van der Waals surface area contributed by atoms with E-state index < -0.39 is 7.94 Å². The predicted molar refractivity (Wildman–Crippen MR) is 53.1 cm³/mol. The molecule has 0 fully saturated rings. The Kier molecular flexibility index (Phi) is 6.02. The van der Waals surface area contributed by atoms with Crippen molar-refractivity contribution in [2.75, 3.05) is 6.16 Å². The first-order chi connectivity index (χ1) is 5.42. The van der Waals surface area contributed by atoms with Gasteiger partial charge in [-0.05, 0) is 0 Å². The van der Waals surface area contributed by atoms with Crippen LogP contribution in [0.2, 0.25) is 0 Å². The van der Waals surface area contributed by atoms with Gasteiger partial charge < -0.3 is 0 Å². The Morgan fingerprint density at radius 3 is 2.00 bits per heavy atom. The van der Waals surface area contributed by atoms with Crippen LogP contribution in [0.4, 0.5) is 0 Å². The van der Waals surface area contributed by atoms with Crippen molar-refractivity contribution in [3.05, 3.63) is 0 Å². The van der Waals surface area contributed by atoms with Crippen molar-refractivity contribution in [2.45, 2.75) is 39.5 Å². The molecule has 76 valence electrons. The molecule has 0 aliphatic rings. The van der Waals surface area contributed by atoms with Crippen LogP contribution in [0.25, 0.3) is 0 Å². The summed E-state index contributed by atoms with van der Waals surface area (Å²) in [5.74, 6) is 0.712.